The van der Waals surface area contributed by atoms with Gasteiger partial charge in [-0.25, -0.2) is 4.98 Å². The monoisotopic (exact) mass is 329 g/mol. The first-order valence-electron chi connectivity index (χ1n) is 6.12. The summed E-state index contributed by atoms with van der Waals surface area (Å²) in [5.74, 6) is 0.289. The third-order valence-electron chi connectivity index (χ3n) is 3.04. The normalized spacial score (nSPS) is 18.1. The Labute approximate surface area is 129 Å². The molecule has 2 heterocycles. The number of hydrogen-bond acceptors (Lipinski definition) is 6. The Morgan fingerprint density at radius 2 is 2.38 bits per heavy atom. The largest absolute Gasteiger partial charge is 0.311 e. The number of halogens is 1. The fourth-order valence-corrected chi connectivity index (χ4v) is 2.98. The van der Waals surface area contributed by atoms with Crippen LogP contribution in [0.2, 0.25) is 5.15 Å². The molecule has 0 aliphatic carbocycles. The van der Waals surface area contributed by atoms with Gasteiger partial charge in [0.2, 0.25) is 5.91 Å². The highest BCUT2D eigenvalue weighted by atomic mass is 35.5. The number of pyridine rings is 1. The fraction of sp³-hybridized carbons (Fsp3) is 0.417. The molecule has 9 heteroatoms. The molecule has 0 radical (unpaired) electrons. The Morgan fingerprint density at radius 1 is 1.67 bits per heavy atom. The third-order valence-corrected chi connectivity index (χ3v) is 4.29. The lowest BCUT2D eigenvalue weighted by Crippen LogP contribution is -2.25. The van der Waals surface area contributed by atoms with Gasteiger partial charge >= 0.3 is 5.69 Å². The lowest BCUT2D eigenvalue weighted by atomic mass is 10.1. The molecule has 1 aliphatic rings. The van der Waals surface area contributed by atoms with Gasteiger partial charge in [0, 0.05) is 31.7 Å². The van der Waals surface area contributed by atoms with Crippen molar-refractivity contribution < 1.29 is 14.5 Å². The van der Waals surface area contributed by atoms with Crippen LogP contribution < -0.4 is 4.90 Å². The van der Waals surface area contributed by atoms with E-state index in [0.29, 0.717) is 12.3 Å². The quantitative estimate of drug-likeness (QED) is 0.478. The van der Waals surface area contributed by atoms with Gasteiger partial charge in [-0.1, -0.05) is 23.4 Å². The van der Waals surface area contributed by atoms with Crippen molar-refractivity contribution in [3.05, 3.63) is 27.5 Å². The number of anilines is 1. The number of aromatic nitrogens is 1. The van der Waals surface area contributed by atoms with E-state index in [1.54, 1.807) is 0 Å². The second-order valence-electron chi connectivity index (χ2n) is 4.63. The predicted molar refractivity (Wildman–Crippen MR) is 79.5 cm³/mol. The molecule has 112 valence electrons. The van der Waals surface area contributed by atoms with Crippen LogP contribution in [0, 0.1) is 16.0 Å². The van der Waals surface area contributed by atoms with Gasteiger partial charge in [-0.2, -0.15) is 0 Å². The van der Waals surface area contributed by atoms with Crippen LogP contribution in [0.25, 0.3) is 0 Å². The van der Waals surface area contributed by atoms with Crippen molar-refractivity contribution in [2.45, 2.75) is 13.3 Å². The number of rotatable bonds is 4. The number of amides is 1. The number of hydrogen-bond donors (Lipinski definition) is 0. The van der Waals surface area contributed by atoms with E-state index < -0.39 is 4.92 Å². The first-order chi connectivity index (χ1) is 9.88. The average molecular weight is 330 g/mol. The zero-order valence-electron chi connectivity index (χ0n) is 11.1. The Balaban J connectivity index is 2.22. The van der Waals surface area contributed by atoms with Crippen molar-refractivity contribution in [2.24, 2.45) is 5.92 Å². The lowest BCUT2D eigenvalue weighted by molar-refractivity contribution is -0.384. The molecule has 21 heavy (non-hydrogen) atoms. The van der Waals surface area contributed by atoms with Crippen LogP contribution in [-0.2, 0) is 9.59 Å². The van der Waals surface area contributed by atoms with Gasteiger partial charge in [0.05, 0.1) is 4.92 Å². The van der Waals surface area contributed by atoms with E-state index in [2.05, 4.69) is 4.98 Å². The molecule has 1 unspecified atom stereocenters. The Hall–Kier alpha value is -1.67. The zero-order chi connectivity index (χ0) is 15.6. The van der Waals surface area contributed by atoms with Crippen molar-refractivity contribution in [2.75, 3.05) is 17.2 Å². The van der Waals surface area contributed by atoms with E-state index in [1.807, 2.05) is 0 Å². The van der Waals surface area contributed by atoms with Gasteiger partial charge in [0.1, 0.15) is 17.0 Å². The van der Waals surface area contributed by atoms with E-state index in [9.17, 15) is 19.7 Å². The molecule has 1 aliphatic heterocycles. The van der Waals surface area contributed by atoms with Crippen molar-refractivity contribution in [1.29, 1.82) is 0 Å². The summed E-state index contributed by atoms with van der Waals surface area (Å²) in [6.45, 7) is 1.80. The van der Waals surface area contributed by atoms with E-state index in [0.717, 1.165) is 18.0 Å². The van der Waals surface area contributed by atoms with Crippen molar-refractivity contribution in [1.82, 2.24) is 4.98 Å². The minimum absolute atomic E-state index is 0.0150. The third kappa shape index (κ3) is 3.70. The minimum atomic E-state index is -0.594. The van der Waals surface area contributed by atoms with Gasteiger partial charge in [-0.15, -0.1) is 0 Å². The van der Waals surface area contributed by atoms with E-state index in [4.69, 9.17) is 11.6 Å². The maximum Gasteiger partial charge on any atom is 0.311 e. The Bertz CT molecular complexity index is 610. The van der Waals surface area contributed by atoms with Gasteiger partial charge in [-0.3, -0.25) is 19.7 Å². The van der Waals surface area contributed by atoms with Crippen LogP contribution >= 0.6 is 23.4 Å². The van der Waals surface area contributed by atoms with E-state index >= 15 is 0 Å². The molecule has 1 atom stereocenters. The topological polar surface area (TPSA) is 93.4 Å². The molecule has 1 amide bonds. The van der Waals surface area contributed by atoms with Crippen molar-refractivity contribution in [3.63, 3.8) is 0 Å². The van der Waals surface area contributed by atoms with Crippen LogP contribution in [0.5, 0.6) is 0 Å². The van der Waals surface area contributed by atoms with Crippen LogP contribution in [0.4, 0.5) is 11.4 Å². The highest BCUT2D eigenvalue weighted by Gasteiger charge is 2.34. The summed E-state index contributed by atoms with van der Waals surface area (Å²) in [6, 6.07) is 1.32. The highest BCUT2D eigenvalue weighted by molar-refractivity contribution is 8.13. The molecule has 1 aromatic heterocycles. The van der Waals surface area contributed by atoms with Crippen LogP contribution in [0.3, 0.4) is 0 Å². The Kier molecular flexibility index (Phi) is 4.79. The first kappa shape index (κ1) is 15.7. The summed E-state index contributed by atoms with van der Waals surface area (Å²) < 4.78 is 0. The van der Waals surface area contributed by atoms with E-state index in [1.165, 1.54) is 17.9 Å². The number of carbonyl (C=O) groups excluding carboxylic acids is 2. The molecule has 7 nitrogen and oxygen atoms in total. The molecule has 0 N–H and O–H groups in total. The molecule has 0 spiro atoms. The number of thioether (sulfide) groups is 1. The molecule has 0 saturated carbocycles. The maximum atomic E-state index is 12.1. The summed E-state index contributed by atoms with van der Waals surface area (Å²) in [5, 5.41) is 11.1. The standard InChI is InChI=1S/C12H12ClN3O4S/c1-7(17)21-6-8-2-12(18)15(5-8)9-3-11(13)14-4-10(9)16(19)20/h3-4,8H,2,5-6H2,1H3. The van der Waals surface area contributed by atoms with Crippen LogP contribution in [0.1, 0.15) is 13.3 Å². The van der Waals surface area contributed by atoms with Crippen LogP contribution in [0.15, 0.2) is 12.3 Å². The second kappa shape index (κ2) is 6.40. The van der Waals surface area contributed by atoms with Crippen molar-refractivity contribution in [3.8, 4) is 0 Å². The van der Waals surface area contributed by atoms with Crippen molar-refractivity contribution >= 4 is 45.8 Å². The summed E-state index contributed by atoms with van der Waals surface area (Å²) in [7, 11) is 0. The molecule has 0 bridgehead atoms. The number of carbonyl (C=O) groups is 2. The van der Waals surface area contributed by atoms with Gasteiger partial charge in [0.25, 0.3) is 0 Å². The lowest BCUT2D eigenvalue weighted by Gasteiger charge is -2.16. The number of nitrogens with zero attached hydrogens (tertiary/aromatic N) is 3. The summed E-state index contributed by atoms with van der Waals surface area (Å²) in [5.41, 5.74) is -0.104. The molecule has 1 fully saturated rings. The summed E-state index contributed by atoms with van der Waals surface area (Å²) >= 11 is 6.92. The smallest absolute Gasteiger partial charge is 0.306 e. The average Bonchev–Trinajstić information content (AvgIpc) is 2.77. The highest BCUT2D eigenvalue weighted by Crippen LogP contribution is 2.34. The Morgan fingerprint density at radius 3 is 3.00 bits per heavy atom. The summed E-state index contributed by atoms with van der Waals surface area (Å²) in [6.07, 6.45) is 1.31. The molecule has 1 saturated heterocycles. The second-order valence-corrected chi connectivity index (χ2v) is 6.21. The predicted octanol–water partition coefficient (Wildman–Crippen LogP) is 2.28. The molecular formula is C12H12ClN3O4S. The number of nitro groups is 1. The molecular weight excluding hydrogens is 318 g/mol. The van der Waals surface area contributed by atoms with Gasteiger partial charge < -0.3 is 4.90 Å². The molecule has 2 rings (SSSR count). The zero-order valence-corrected chi connectivity index (χ0v) is 12.7. The van der Waals surface area contributed by atoms with Crippen LogP contribution in [-0.4, -0.2) is 33.2 Å². The molecule has 1 aromatic rings. The maximum absolute atomic E-state index is 12.1. The minimum Gasteiger partial charge on any atom is -0.306 e. The first-order valence-corrected chi connectivity index (χ1v) is 7.48. The van der Waals surface area contributed by atoms with E-state index in [-0.39, 0.29) is 39.9 Å². The SMILES string of the molecule is CC(=O)SCC1CC(=O)N(c2cc(Cl)ncc2[N+](=O)[O-])C1. The van der Waals surface area contributed by atoms with Gasteiger partial charge in [0.15, 0.2) is 5.12 Å². The fourth-order valence-electron chi connectivity index (χ4n) is 2.13. The van der Waals surface area contributed by atoms with Gasteiger partial charge in [-0.05, 0) is 5.92 Å². The molecule has 0 aromatic carbocycles. The summed E-state index contributed by atoms with van der Waals surface area (Å²) in [4.78, 5) is 38.5.